The van der Waals surface area contributed by atoms with Crippen LogP contribution >= 0.6 is 11.8 Å². The van der Waals surface area contributed by atoms with Crippen LogP contribution in [0.2, 0.25) is 0 Å². The van der Waals surface area contributed by atoms with E-state index in [2.05, 4.69) is 5.32 Å². The topological polar surface area (TPSA) is 86.7 Å². The molecule has 0 aromatic rings. The Labute approximate surface area is 104 Å². The van der Waals surface area contributed by atoms with Gasteiger partial charge in [0.05, 0.1) is 11.6 Å². The fourth-order valence-electron chi connectivity index (χ4n) is 1.45. The molecule has 17 heavy (non-hydrogen) atoms. The minimum Gasteiger partial charge on any atom is -0.480 e. The van der Waals surface area contributed by atoms with Crippen LogP contribution in [0.15, 0.2) is 0 Å². The van der Waals surface area contributed by atoms with Crippen LogP contribution in [-0.4, -0.2) is 52.0 Å². The van der Waals surface area contributed by atoms with Crippen LogP contribution in [0.5, 0.6) is 0 Å². The minimum absolute atomic E-state index is 0.0671. The molecule has 0 aromatic carbocycles. The molecule has 0 aliphatic carbocycles. The Morgan fingerprint density at radius 2 is 2.18 bits per heavy atom. The summed E-state index contributed by atoms with van der Waals surface area (Å²) in [5, 5.41) is 11.3. The van der Waals surface area contributed by atoms with E-state index in [0.29, 0.717) is 11.6 Å². The van der Waals surface area contributed by atoms with E-state index in [1.165, 1.54) is 16.7 Å². The van der Waals surface area contributed by atoms with Gasteiger partial charge < -0.3 is 15.3 Å². The van der Waals surface area contributed by atoms with Crippen LogP contribution in [0.3, 0.4) is 0 Å². The summed E-state index contributed by atoms with van der Waals surface area (Å²) in [5.41, 5.74) is 0. The molecule has 1 fully saturated rings. The summed E-state index contributed by atoms with van der Waals surface area (Å²) in [5.74, 6) is -0.884. The lowest BCUT2D eigenvalue weighted by molar-refractivity contribution is -0.143. The van der Waals surface area contributed by atoms with Crippen LogP contribution in [0.1, 0.15) is 13.8 Å². The molecule has 1 aliphatic heterocycles. The van der Waals surface area contributed by atoms with E-state index in [1.54, 1.807) is 13.8 Å². The van der Waals surface area contributed by atoms with Crippen LogP contribution in [-0.2, 0) is 14.4 Å². The third kappa shape index (κ3) is 3.92. The molecule has 2 amide bonds. The van der Waals surface area contributed by atoms with E-state index in [1.807, 2.05) is 0 Å². The Morgan fingerprint density at radius 3 is 2.59 bits per heavy atom. The molecule has 1 atom stereocenters. The zero-order valence-electron chi connectivity index (χ0n) is 9.80. The van der Waals surface area contributed by atoms with Crippen LogP contribution in [0.4, 0.5) is 0 Å². The van der Waals surface area contributed by atoms with Crippen molar-refractivity contribution in [2.75, 3.05) is 18.2 Å². The number of carboxylic acid groups (broad SMARTS) is 1. The molecule has 6 nitrogen and oxygen atoms in total. The highest BCUT2D eigenvalue weighted by molar-refractivity contribution is 8.00. The number of carbonyl (C=O) groups excluding carboxylic acids is 2. The summed E-state index contributed by atoms with van der Waals surface area (Å²) in [4.78, 5) is 35.2. The molecule has 0 aromatic heterocycles. The van der Waals surface area contributed by atoms with Gasteiger partial charge in [-0.1, -0.05) is 13.8 Å². The van der Waals surface area contributed by atoms with Crippen molar-refractivity contribution in [3.63, 3.8) is 0 Å². The first-order valence-corrected chi connectivity index (χ1v) is 6.45. The molecule has 0 radical (unpaired) electrons. The average molecular weight is 260 g/mol. The maximum Gasteiger partial charge on any atom is 0.326 e. The molecule has 0 spiro atoms. The molecule has 1 rings (SSSR count). The number of carboxylic acids is 1. The predicted molar refractivity (Wildman–Crippen MR) is 63.4 cm³/mol. The predicted octanol–water partition coefficient (Wildman–Crippen LogP) is -0.255. The van der Waals surface area contributed by atoms with Crippen molar-refractivity contribution in [3.8, 4) is 0 Å². The Morgan fingerprint density at radius 1 is 1.53 bits per heavy atom. The number of nitrogens with zero attached hydrogens (tertiary/aromatic N) is 1. The second kappa shape index (κ2) is 5.90. The number of hydrogen-bond donors (Lipinski definition) is 2. The van der Waals surface area contributed by atoms with Gasteiger partial charge in [-0.15, -0.1) is 11.8 Å². The molecule has 1 saturated heterocycles. The molecule has 7 heteroatoms. The fraction of sp³-hybridized carbons (Fsp3) is 0.700. The maximum atomic E-state index is 11.6. The first kappa shape index (κ1) is 13.8. The number of amides is 2. The van der Waals surface area contributed by atoms with E-state index in [0.717, 1.165) is 0 Å². The number of aliphatic carboxylic acids is 1. The zero-order valence-corrected chi connectivity index (χ0v) is 10.6. The molecule has 96 valence electrons. The highest BCUT2D eigenvalue weighted by Crippen LogP contribution is 2.14. The van der Waals surface area contributed by atoms with Gasteiger partial charge in [0.25, 0.3) is 0 Å². The van der Waals surface area contributed by atoms with Crippen molar-refractivity contribution in [3.05, 3.63) is 0 Å². The Hall–Kier alpha value is -1.24. The largest absolute Gasteiger partial charge is 0.480 e. The summed E-state index contributed by atoms with van der Waals surface area (Å²) in [6, 6.07) is -0.909. The van der Waals surface area contributed by atoms with Gasteiger partial charge >= 0.3 is 5.97 Å². The summed E-state index contributed by atoms with van der Waals surface area (Å²) in [6.45, 7) is 3.37. The summed E-state index contributed by atoms with van der Waals surface area (Å²) < 4.78 is 0. The van der Waals surface area contributed by atoms with Crippen molar-refractivity contribution in [2.24, 2.45) is 5.92 Å². The van der Waals surface area contributed by atoms with E-state index in [4.69, 9.17) is 5.11 Å². The van der Waals surface area contributed by atoms with Crippen LogP contribution in [0, 0.1) is 5.92 Å². The second-order valence-corrected chi connectivity index (χ2v) is 5.15. The van der Waals surface area contributed by atoms with Crippen molar-refractivity contribution in [1.82, 2.24) is 10.2 Å². The Balaban J connectivity index is 2.47. The summed E-state index contributed by atoms with van der Waals surface area (Å²) in [6.07, 6.45) is 0. The normalized spacial score (nSPS) is 17.4. The summed E-state index contributed by atoms with van der Waals surface area (Å²) >= 11 is 1.44. The van der Waals surface area contributed by atoms with E-state index >= 15 is 0 Å². The lowest BCUT2D eigenvalue weighted by atomic mass is 10.0. The minimum atomic E-state index is -1.06. The van der Waals surface area contributed by atoms with Crippen molar-refractivity contribution in [2.45, 2.75) is 19.9 Å². The maximum absolute atomic E-state index is 11.6. The quantitative estimate of drug-likeness (QED) is 0.711. The first-order chi connectivity index (χ1) is 7.91. The standard InChI is InChI=1S/C10H16N2O4S/c1-6(2)9(10(15)16)11-7(13)3-12-5-17-4-8(12)14/h6,9H,3-5H2,1-2H3,(H,11,13)(H,15,16). The van der Waals surface area contributed by atoms with Gasteiger partial charge in [-0.3, -0.25) is 9.59 Å². The third-order valence-corrected chi connectivity index (χ3v) is 3.35. The molecule has 1 heterocycles. The van der Waals surface area contributed by atoms with Gasteiger partial charge in [0.2, 0.25) is 11.8 Å². The molecule has 2 N–H and O–H groups in total. The number of rotatable bonds is 5. The number of nitrogens with one attached hydrogen (secondary N) is 1. The zero-order chi connectivity index (χ0) is 13.0. The molecule has 1 unspecified atom stereocenters. The van der Waals surface area contributed by atoms with Crippen molar-refractivity contribution in [1.29, 1.82) is 0 Å². The van der Waals surface area contributed by atoms with Crippen LogP contribution in [0.25, 0.3) is 0 Å². The molecular formula is C10H16N2O4S. The van der Waals surface area contributed by atoms with Crippen molar-refractivity contribution < 1.29 is 19.5 Å². The van der Waals surface area contributed by atoms with Gasteiger partial charge in [0.15, 0.2) is 0 Å². The van der Waals surface area contributed by atoms with E-state index in [-0.39, 0.29) is 18.4 Å². The molecule has 1 aliphatic rings. The van der Waals surface area contributed by atoms with Gasteiger partial charge in [0.1, 0.15) is 12.6 Å². The average Bonchev–Trinajstić information content (AvgIpc) is 2.60. The number of hydrogen-bond acceptors (Lipinski definition) is 4. The van der Waals surface area contributed by atoms with Crippen molar-refractivity contribution >= 4 is 29.5 Å². The fourth-order valence-corrected chi connectivity index (χ4v) is 2.35. The second-order valence-electron chi connectivity index (χ2n) is 4.20. The third-order valence-electron chi connectivity index (χ3n) is 2.41. The highest BCUT2D eigenvalue weighted by atomic mass is 32.2. The lowest BCUT2D eigenvalue weighted by Crippen LogP contribution is -2.48. The molecular weight excluding hydrogens is 244 g/mol. The van der Waals surface area contributed by atoms with Gasteiger partial charge in [-0.2, -0.15) is 0 Å². The molecule has 0 saturated carbocycles. The van der Waals surface area contributed by atoms with Crippen LogP contribution < -0.4 is 5.32 Å². The number of thioether (sulfide) groups is 1. The molecule has 0 bridgehead atoms. The van der Waals surface area contributed by atoms with Gasteiger partial charge in [-0.25, -0.2) is 4.79 Å². The monoisotopic (exact) mass is 260 g/mol. The Kier molecular flexibility index (Phi) is 4.80. The smallest absolute Gasteiger partial charge is 0.326 e. The Bertz CT molecular complexity index is 332. The SMILES string of the molecule is CC(C)C(NC(=O)CN1CSCC1=O)C(=O)O. The van der Waals surface area contributed by atoms with E-state index in [9.17, 15) is 14.4 Å². The van der Waals surface area contributed by atoms with Gasteiger partial charge in [0, 0.05) is 0 Å². The summed E-state index contributed by atoms with van der Waals surface area (Å²) in [7, 11) is 0. The first-order valence-electron chi connectivity index (χ1n) is 5.29. The van der Waals surface area contributed by atoms with Gasteiger partial charge in [-0.05, 0) is 5.92 Å². The highest BCUT2D eigenvalue weighted by Gasteiger charge is 2.27. The number of carbonyl (C=O) groups is 3. The lowest BCUT2D eigenvalue weighted by Gasteiger charge is -2.20. The van der Waals surface area contributed by atoms with E-state index < -0.39 is 17.9 Å².